The van der Waals surface area contributed by atoms with Crippen LogP contribution in [0.4, 0.5) is 4.39 Å². The van der Waals surface area contributed by atoms with Crippen molar-refractivity contribution in [3.63, 3.8) is 0 Å². The molecule has 5 rings (SSSR count). The van der Waals surface area contributed by atoms with Gasteiger partial charge in [0.2, 0.25) is 5.78 Å². The summed E-state index contributed by atoms with van der Waals surface area (Å²) >= 11 is 0. The summed E-state index contributed by atoms with van der Waals surface area (Å²) in [5.74, 6) is -7.44. The number of likely N-dealkylation sites (N-methyl/N-ethyl adjacent to an activating group) is 1. The van der Waals surface area contributed by atoms with Gasteiger partial charge in [-0.2, -0.15) is 0 Å². The highest BCUT2D eigenvalue weighted by atomic mass is 19.1. The molecule has 0 saturated heterocycles. The van der Waals surface area contributed by atoms with Crippen molar-refractivity contribution in [3.8, 4) is 16.9 Å². The number of Topliss-reactive ketones (excluding diaryl/α,β-unsaturated/α-hetero) is 2. The molecule has 11 heteroatoms. The molecular formula is C32H36FN3O7. The number of benzene rings is 2. The quantitative estimate of drug-likeness (QED) is 0.317. The number of fused-ring (bicyclic) bond motifs is 3. The van der Waals surface area contributed by atoms with Crippen LogP contribution in [0.15, 0.2) is 53.0 Å². The predicted molar refractivity (Wildman–Crippen MR) is 156 cm³/mol. The number of allylic oxidation sites excluding steroid dienone is 1. The number of amides is 1. The summed E-state index contributed by atoms with van der Waals surface area (Å²) in [6.07, 6.45) is 0.117. The Morgan fingerprint density at radius 1 is 1.12 bits per heavy atom. The maximum Gasteiger partial charge on any atom is 0.255 e. The number of nitrogens with two attached hydrogens (primary N) is 1. The van der Waals surface area contributed by atoms with Crippen LogP contribution in [0.5, 0.6) is 5.75 Å². The van der Waals surface area contributed by atoms with Crippen molar-refractivity contribution in [1.29, 1.82) is 0 Å². The minimum absolute atomic E-state index is 0.0191. The van der Waals surface area contributed by atoms with Gasteiger partial charge in [0.1, 0.15) is 28.7 Å². The maximum atomic E-state index is 14.8. The molecule has 2 aromatic rings. The summed E-state index contributed by atoms with van der Waals surface area (Å²) in [5.41, 5.74) is 3.67. The first-order valence-electron chi connectivity index (χ1n) is 14.1. The number of hydrogen-bond donors (Lipinski definition) is 5. The molecule has 10 nitrogen and oxygen atoms in total. The second-order valence-corrected chi connectivity index (χ2v) is 12.3. The molecule has 0 spiro atoms. The minimum atomic E-state index is -2.70. The van der Waals surface area contributed by atoms with Gasteiger partial charge in [-0.1, -0.05) is 12.1 Å². The largest absolute Gasteiger partial charge is 0.510 e. The average molecular weight is 594 g/mol. The lowest BCUT2D eigenvalue weighted by molar-refractivity contribution is -0.148. The molecule has 43 heavy (non-hydrogen) atoms. The molecule has 1 amide bonds. The van der Waals surface area contributed by atoms with Crippen LogP contribution in [0.2, 0.25) is 0 Å². The lowest BCUT2D eigenvalue weighted by Crippen LogP contribution is -2.63. The zero-order valence-corrected chi connectivity index (χ0v) is 24.7. The highest BCUT2D eigenvalue weighted by Gasteiger charge is 2.63. The third-order valence-electron chi connectivity index (χ3n) is 9.26. The molecule has 3 aliphatic rings. The minimum Gasteiger partial charge on any atom is -0.510 e. The second kappa shape index (κ2) is 10.6. The Kier molecular flexibility index (Phi) is 7.48. The van der Waals surface area contributed by atoms with Gasteiger partial charge >= 0.3 is 0 Å². The Morgan fingerprint density at radius 3 is 2.40 bits per heavy atom. The molecule has 228 valence electrons. The number of nitrogens with zero attached hydrogens (tertiary/aromatic N) is 2. The van der Waals surface area contributed by atoms with Crippen molar-refractivity contribution < 1.29 is 39.2 Å². The van der Waals surface area contributed by atoms with Gasteiger partial charge < -0.3 is 26.2 Å². The second-order valence-electron chi connectivity index (χ2n) is 12.3. The molecule has 2 aromatic carbocycles. The Bertz CT molecular complexity index is 1630. The van der Waals surface area contributed by atoms with E-state index < -0.39 is 58.0 Å². The molecule has 0 radical (unpaired) electrons. The van der Waals surface area contributed by atoms with Crippen LogP contribution in [0.25, 0.3) is 11.1 Å². The van der Waals surface area contributed by atoms with E-state index in [1.165, 1.54) is 17.0 Å². The van der Waals surface area contributed by atoms with Gasteiger partial charge in [0, 0.05) is 29.6 Å². The Balaban J connectivity index is 1.66. The van der Waals surface area contributed by atoms with Gasteiger partial charge in [0.25, 0.3) is 5.91 Å². The number of phenolic OH excluding ortho intramolecular Hbond substituents is 1. The first kappa shape index (κ1) is 30.4. The standard InChI is InChI=1S/C32H36FN3O7/c1-14(2)36(5)13-17-10-15(6-8-21(17)33)18-7-9-22(37)24-19(18)11-16-12-20-26(35(3)4)28(39)25(31(34)42)30(41)32(20,43)29(40)23(16)27(24)38/h6-10,14,16,20,26,37,39-40,43H,11-13H2,1-5H3,(H2,34,42)/t16-,20-,26-,32-/m0/s1. The van der Waals surface area contributed by atoms with Crippen molar-refractivity contribution >= 4 is 17.5 Å². The van der Waals surface area contributed by atoms with Gasteiger partial charge in [-0.25, -0.2) is 4.39 Å². The van der Waals surface area contributed by atoms with Gasteiger partial charge in [-0.3, -0.25) is 24.2 Å². The smallest absolute Gasteiger partial charge is 0.255 e. The molecular weight excluding hydrogens is 557 g/mol. The number of rotatable bonds is 6. The summed E-state index contributed by atoms with van der Waals surface area (Å²) in [6, 6.07) is 6.77. The maximum absolute atomic E-state index is 14.8. The SMILES string of the molecule is CC(C)N(C)Cc1cc(-c2ccc(O)c3c2C[C@H]2C[C@H]4[C@H](N(C)C)C(O)=C(C(N)=O)C(=O)[C@@]4(O)C(O)=C2C3=O)ccc1F. The molecule has 0 aliphatic heterocycles. The van der Waals surface area contributed by atoms with E-state index >= 15 is 0 Å². The Hall–Kier alpha value is -4.06. The highest BCUT2D eigenvalue weighted by molar-refractivity contribution is 6.24. The first-order valence-corrected chi connectivity index (χ1v) is 14.1. The molecule has 0 aromatic heterocycles. The number of primary amides is 1. The number of aliphatic hydroxyl groups excluding tert-OH is 2. The van der Waals surface area contributed by atoms with Crippen LogP contribution in [-0.4, -0.2) is 86.5 Å². The molecule has 0 saturated carbocycles. The van der Waals surface area contributed by atoms with Crippen LogP contribution >= 0.6 is 0 Å². The van der Waals surface area contributed by atoms with Crippen molar-refractivity contribution in [3.05, 3.63) is 75.5 Å². The van der Waals surface area contributed by atoms with Crippen LogP contribution in [0.3, 0.4) is 0 Å². The number of phenols is 1. The summed E-state index contributed by atoms with van der Waals surface area (Å²) in [5, 5.41) is 45.0. The van der Waals surface area contributed by atoms with Crippen LogP contribution in [0.1, 0.15) is 41.8 Å². The fourth-order valence-corrected chi connectivity index (χ4v) is 6.84. The van der Waals surface area contributed by atoms with Gasteiger partial charge in [0.15, 0.2) is 11.4 Å². The molecule has 0 bridgehead atoms. The molecule has 0 fully saturated rings. The van der Waals surface area contributed by atoms with E-state index in [4.69, 9.17) is 5.73 Å². The number of aliphatic hydroxyl groups is 3. The van der Waals surface area contributed by atoms with Crippen molar-refractivity contribution in [2.24, 2.45) is 17.6 Å². The average Bonchev–Trinajstić information content (AvgIpc) is 2.91. The summed E-state index contributed by atoms with van der Waals surface area (Å²) in [4.78, 5) is 43.1. The van der Waals surface area contributed by atoms with Crippen molar-refractivity contribution in [1.82, 2.24) is 9.80 Å². The van der Waals surface area contributed by atoms with Crippen LogP contribution in [0, 0.1) is 17.7 Å². The fourth-order valence-electron chi connectivity index (χ4n) is 6.84. The topological polar surface area (TPSA) is 165 Å². The van der Waals surface area contributed by atoms with E-state index in [1.807, 2.05) is 25.8 Å². The van der Waals surface area contributed by atoms with E-state index in [0.717, 1.165) is 0 Å². The summed E-state index contributed by atoms with van der Waals surface area (Å²) in [7, 11) is 5.04. The van der Waals surface area contributed by atoms with Gasteiger partial charge in [0.05, 0.1) is 11.6 Å². The highest BCUT2D eigenvalue weighted by Crippen LogP contribution is 2.53. The molecule has 0 heterocycles. The number of hydrogen-bond acceptors (Lipinski definition) is 9. The van der Waals surface area contributed by atoms with Crippen molar-refractivity contribution in [2.45, 2.75) is 50.9 Å². The third kappa shape index (κ3) is 4.54. The van der Waals surface area contributed by atoms with Gasteiger partial charge in [-0.15, -0.1) is 0 Å². The van der Waals surface area contributed by atoms with E-state index in [0.29, 0.717) is 28.8 Å². The number of aromatic hydroxyl groups is 1. The summed E-state index contributed by atoms with van der Waals surface area (Å²) < 4.78 is 14.8. The lowest BCUT2D eigenvalue weighted by atomic mass is 9.58. The molecule has 4 atom stereocenters. The van der Waals surface area contributed by atoms with Crippen LogP contribution < -0.4 is 5.73 Å². The zero-order chi connectivity index (χ0) is 31.7. The molecule has 6 N–H and O–H groups in total. The summed E-state index contributed by atoms with van der Waals surface area (Å²) in [6.45, 7) is 4.35. The lowest BCUT2D eigenvalue weighted by Gasteiger charge is -2.50. The predicted octanol–water partition coefficient (Wildman–Crippen LogP) is 2.77. The fraction of sp³-hybridized carbons (Fsp3) is 0.406. The third-order valence-corrected chi connectivity index (χ3v) is 9.26. The van der Waals surface area contributed by atoms with E-state index in [9.17, 15) is 39.2 Å². The molecule has 0 unspecified atom stereocenters. The number of halogens is 1. The molecule has 3 aliphatic carbocycles. The van der Waals surface area contributed by atoms with E-state index in [1.54, 1.807) is 32.3 Å². The first-order chi connectivity index (χ1) is 20.1. The zero-order valence-electron chi connectivity index (χ0n) is 24.7. The monoisotopic (exact) mass is 593 g/mol. The van der Waals surface area contributed by atoms with E-state index in [-0.39, 0.29) is 41.6 Å². The van der Waals surface area contributed by atoms with Crippen molar-refractivity contribution in [2.75, 3.05) is 21.1 Å². The number of ketones is 2. The normalized spacial score (nSPS) is 25.4. The number of carbonyl (C=O) groups is 3. The Labute approximate surface area is 248 Å². The Morgan fingerprint density at radius 2 is 1.79 bits per heavy atom. The number of carbonyl (C=O) groups excluding carboxylic acids is 3. The van der Waals surface area contributed by atoms with E-state index in [2.05, 4.69) is 0 Å². The van der Waals surface area contributed by atoms with Crippen LogP contribution in [-0.2, 0) is 22.6 Å². The van der Waals surface area contributed by atoms with Gasteiger partial charge in [-0.05, 0) is 88.6 Å².